The molecular weight excluding hydrogens is 302 g/mol. The van der Waals surface area contributed by atoms with E-state index in [1.165, 1.54) is 4.31 Å². The number of nitrogens with zero attached hydrogens (tertiary/aromatic N) is 3. The Morgan fingerprint density at radius 1 is 1.18 bits per heavy atom. The van der Waals surface area contributed by atoms with Crippen LogP contribution in [0.1, 0.15) is 35.1 Å². The maximum Gasteiger partial charge on any atom is 0.255 e. The summed E-state index contributed by atoms with van der Waals surface area (Å²) in [7, 11) is -1.23. The Kier molecular flexibility index (Phi) is 4.97. The summed E-state index contributed by atoms with van der Waals surface area (Å²) in [5.41, 5.74) is 2.71. The summed E-state index contributed by atoms with van der Waals surface area (Å²) < 4.78 is 27.5. The smallest absolute Gasteiger partial charge is 0.255 e. The van der Waals surface area contributed by atoms with Gasteiger partial charge in [0.2, 0.25) is 10.0 Å². The first-order chi connectivity index (χ1) is 10.3. The predicted octanol–water partition coefficient (Wildman–Crippen LogP) is 1.14. The number of aryl methyl sites for hydroxylation is 1. The van der Waals surface area contributed by atoms with Crippen LogP contribution in [0.2, 0.25) is 0 Å². The molecule has 2 rings (SSSR count). The SMILES string of the molecule is CCS(=O)(=O)N1CCCN(C(=O)c2cc(C)n(C)c2C)CC1. The van der Waals surface area contributed by atoms with E-state index < -0.39 is 10.0 Å². The fraction of sp³-hybridized carbons (Fsp3) is 0.667. The summed E-state index contributed by atoms with van der Waals surface area (Å²) in [5.74, 6) is 0.106. The summed E-state index contributed by atoms with van der Waals surface area (Å²) in [6, 6.07) is 1.91. The molecule has 0 radical (unpaired) electrons. The number of rotatable bonds is 3. The van der Waals surface area contributed by atoms with Crippen LogP contribution in [-0.2, 0) is 17.1 Å². The molecule has 1 aromatic heterocycles. The summed E-state index contributed by atoms with van der Waals surface area (Å²) in [6.45, 7) is 7.49. The number of carbonyl (C=O) groups excluding carboxylic acids is 1. The average molecular weight is 327 g/mol. The van der Waals surface area contributed by atoms with Crippen LogP contribution in [0.25, 0.3) is 0 Å². The van der Waals surface area contributed by atoms with E-state index in [2.05, 4.69) is 0 Å². The van der Waals surface area contributed by atoms with Crippen LogP contribution in [-0.4, -0.2) is 60.0 Å². The third-order valence-corrected chi connectivity index (χ3v) is 6.39. The highest BCUT2D eigenvalue weighted by molar-refractivity contribution is 7.89. The normalized spacial score (nSPS) is 17.5. The van der Waals surface area contributed by atoms with Crippen molar-refractivity contribution in [2.24, 2.45) is 7.05 Å². The Bertz CT molecular complexity index is 664. The van der Waals surface area contributed by atoms with Crippen LogP contribution in [0.3, 0.4) is 0 Å². The lowest BCUT2D eigenvalue weighted by Gasteiger charge is -2.21. The molecule has 2 heterocycles. The van der Waals surface area contributed by atoms with Gasteiger partial charge in [0.15, 0.2) is 0 Å². The van der Waals surface area contributed by atoms with E-state index >= 15 is 0 Å². The molecule has 124 valence electrons. The standard InChI is InChI=1S/C15H25N3O3S/c1-5-22(20,21)18-8-6-7-17(9-10-18)15(19)14-11-12(2)16(4)13(14)3/h11H,5-10H2,1-4H3. The van der Waals surface area contributed by atoms with Crippen molar-refractivity contribution in [1.29, 1.82) is 0 Å². The van der Waals surface area contributed by atoms with Gasteiger partial charge in [-0.1, -0.05) is 0 Å². The first-order valence-electron chi connectivity index (χ1n) is 7.68. The number of sulfonamides is 1. The Morgan fingerprint density at radius 2 is 1.86 bits per heavy atom. The lowest BCUT2D eigenvalue weighted by atomic mass is 10.2. The summed E-state index contributed by atoms with van der Waals surface area (Å²) in [6.07, 6.45) is 0.676. The molecule has 1 aliphatic rings. The monoisotopic (exact) mass is 327 g/mol. The van der Waals surface area contributed by atoms with Gasteiger partial charge < -0.3 is 9.47 Å². The second kappa shape index (κ2) is 6.42. The molecule has 0 saturated carbocycles. The van der Waals surface area contributed by atoms with E-state index in [0.717, 1.165) is 11.4 Å². The van der Waals surface area contributed by atoms with Crippen molar-refractivity contribution in [2.75, 3.05) is 31.9 Å². The maximum absolute atomic E-state index is 12.7. The molecule has 6 nitrogen and oxygen atoms in total. The third kappa shape index (κ3) is 3.20. The molecule has 0 N–H and O–H groups in total. The van der Waals surface area contributed by atoms with E-state index in [1.54, 1.807) is 11.8 Å². The summed E-state index contributed by atoms with van der Waals surface area (Å²) >= 11 is 0. The molecule has 1 aliphatic heterocycles. The molecule has 1 saturated heterocycles. The number of carbonyl (C=O) groups is 1. The lowest BCUT2D eigenvalue weighted by molar-refractivity contribution is 0.0763. The van der Waals surface area contributed by atoms with Gasteiger partial charge in [-0.2, -0.15) is 0 Å². The number of amides is 1. The van der Waals surface area contributed by atoms with Crippen molar-refractivity contribution in [1.82, 2.24) is 13.8 Å². The maximum atomic E-state index is 12.7. The van der Waals surface area contributed by atoms with Gasteiger partial charge in [-0.15, -0.1) is 0 Å². The van der Waals surface area contributed by atoms with Crippen LogP contribution in [0, 0.1) is 13.8 Å². The average Bonchev–Trinajstić information content (AvgIpc) is 2.70. The molecule has 22 heavy (non-hydrogen) atoms. The van der Waals surface area contributed by atoms with Crippen LogP contribution in [0.15, 0.2) is 6.07 Å². The topological polar surface area (TPSA) is 62.6 Å². The molecule has 0 unspecified atom stereocenters. The Balaban J connectivity index is 2.14. The van der Waals surface area contributed by atoms with Crippen LogP contribution in [0.4, 0.5) is 0 Å². The zero-order valence-corrected chi connectivity index (χ0v) is 14.6. The highest BCUT2D eigenvalue weighted by Gasteiger charge is 2.27. The van der Waals surface area contributed by atoms with Gasteiger partial charge in [-0.05, 0) is 33.3 Å². The van der Waals surface area contributed by atoms with Gasteiger partial charge >= 0.3 is 0 Å². The number of hydrogen-bond acceptors (Lipinski definition) is 3. The Hall–Kier alpha value is -1.34. The minimum atomic E-state index is -3.18. The first-order valence-corrected chi connectivity index (χ1v) is 9.29. The number of hydrogen-bond donors (Lipinski definition) is 0. The van der Waals surface area contributed by atoms with Crippen molar-refractivity contribution in [3.63, 3.8) is 0 Å². The van der Waals surface area contributed by atoms with E-state index in [9.17, 15) is 13.2 Å². The molecule has 7 heteroatoms. The quantitative estimate of drug-likeness (QED) is 0.836. The van der Waals surface area contributed by atoms with Gasteiger partial charge in [0.05, 0.1) is 11.3 Å². The van der Waals surface area contributed by atoms with Crippen molar-refractivity contribution < 1.29 is 13.2 Å². The van der Waals surface area contributed by atoms with Crippen LogP contribution >= 0.6 is 0 Å². The van der Waals surface area contributed by atoms with Crippen molar-refractivity contribution >= 4 is 15.9 Å². The zero-order valence-electron chi connectivity index (χ0n) is 13.8. The molecule has 0 atom stereocenters. The highest BCUT2D eigenvalue weighted by atomic mass is 32.2. The first kappa shape index (κ1) is 17.0. The van der Waals surface area contributed by atoms with Gasteiger partial charge in [-0.3, -0.25) is 4.79 Å². The minimum Gasteiger partial charge on any atom is -0.351 e. The number of aromatic nitrogens is 1. The predicted molar refractivity (Wildman–Crippen MR) is 86.4 cm³/mol. The zero-order chi connectivity index (χ0) is 16.5. The molecule has 0 bridgehead atoms. The minimum absolute atomic E-state index is 0.00283. The van der Waals surface area contributed by atoms with E-state index in [0.29, 0.717) is 38.2 Å². The molecule has 1 fully saturated rings. The fourth-order valence-electron chi connectivity index (χ4n) is 2.80. The second-order valence-corrected chi connectivity index (χ2v) is 8.05. The van der Waals surface area contributed by atoms with Crippen molar-refractivity contribution in [3.8, 4) is 0 Å². The third-order valence-electron chi connectivity index (χ3n) is 4.51. The Morgan fingerprint density at radius 3 is 2.41 bits per heavy atom. The molecule has 1 amide bonds. The molecule has 0 aliphatic carbocycles. The largest absolute Gasteiger partial charge is 0.351 e. The Labute approximate surface area is 132 Å². The van der Waals surface area contributed by atoms with E-state index in [4.69, 9.17) is 0 Å². The van der Waals surface area contributed by atoms with Crippen molar-refractivity contribution in [3.05, 3.63) is 23.0 Å². The van der Waals surface area contributed by atoms with Gasteiger partial charge in [0.25, 0.3) is 5.91 Å². The van der Waals surface area contributed by atoms with Gasteiger partial charge in [0.1, 0.15) is 0 Å². The van der Waals surface area contributed by atoms with E-state index in [1.807, 2.05) is 31.5 Å². The lowest BCUT2D eigenvalue weighted by Crippen LogP contribution is -2.38. The summed E-state index contributed by atoms with van der Waals surface area (Å²) in [5, 5.41) is 0. The van der Waals surface area contributed by atoms with E-state index in [-0.39, 0.29) is 11.7 Å². The fourth-order valence-corrected chi connectivity index (χ4v) is 3.93. The van der Waals surface area contributed by atoms with Crippen molar-refractivity contribution in [2.45, 2.75) is 27.2 Å². The molecule has 0 spiro atoms. The molecule has 1 aromatic rings. The van der Waals surface area contributed by atoms with Crippen LogP contribution in [0.5, 0.6) is 0 Å². The second-order valence-electron chi connectivity index (χ2n) is 5.79. The van der Waals surface area contributed by atoms with Gasteiger partial charge in [-0.25, -0.2) is 12.7 Å². The molecular formula is C15H25N3O3S. The van der Waals surface area contributed by atoms with Gasteiger partial charge in [0, 0.05) is 44.6 Å². The summed E-state index contributed by atoms with van der Waals surface area (Å²) in [4.78, 5) is 14.5. The highest BCUT2D eigenvalue weighted by Crippen LogP contribution is 2.17. The van der Waals surface area contributed by atoms with Crippen LogP contribution < -0.4 is 0 Å². The molecule has 0 aromatic carbocycles.